The van der Waals surface area contributed by atoms with Crippen LogP contribution in [0.4, 0.5) is 5.69 Å². The fourth-order valence-corrected chi connectivity index (χ4v) is 2.67. The average Bonchev–Trinajstić information content (AvgIpc) is 2.49. The zero-order valence-electron chi connectivity index (χ0n) is 11.5. The molecule has 0 amide bonds. The first kappa shape index (κ1) is 14.2. The number of benzene rings is 2. The highest BCUT2D eigenvalue weighted by Crippen LogP contribution is 2.29. The van der Waals surface area contributed by atoms with Crippen molar-refractivity contribution in [2.45, 2.75) is 13.5 Å². The van der Waals surface area contributed by atoms with Crippen LogP contribution in [-0.4, -0.2) is 4.98 Å². The molecule has 106 valence electrons. The van der Waals surface area contributed by atoms with E-state index in [1.54, 1.807) is 6.20 Å². The summed E-state index contributed by atoms with van der Waals surface area (Å²) in [5.74, 6) is 0. The van der Waals surface area contributed by atoms with Gasteiger partial charge in [0.15, 0.2) is 0 Å². The SMILES string of the molecule is Cc1cc(Cl)c(NCc2ccc3cnccc3c2)cc1Cl. The van der Waals surface area contributed by atoms with Gasteiger partial charge in [0, 0.05) is 29.3 Å². The lowest BCUT2D eigenvalue weighted by molar-refractivity contribution is 1.15. The molecule has 0 atom stereocenters. The van der Waals surface area contributed by atoms with Gasteiger partial charge >= 0.3 is 0 Å². The minimum atomic E-state index is 0.682. The molecule has 4 heteroatoms. The largest absolute Gasteiger partial charge is 0.380 e. The molecule has 0 bridgehead atoms. The van der Waals surface area contributed by atoms with Crippen LogP contribution in [0.5, 0.6) is 0 Å². The maximum Gasteiger partial charge on any atom is 0.0641 e. The number of anilines is 1. The zero-order valence-corrected chi connectivity index (χ0v) is 13.0. The molecule has 0 saturated carbocycles. The van der Waals surface area contributed by atoms with Crippen molar-refractivity contribution in [1.82, 2.24) is 4.98 Å². The molecule has 2 nitrogen and oxygen atoms in total. The van der Waals surface area contributed by atoms with Gasteiger partial charge in [-0.15, -0.1) is 0 Å². The topological polar surface area (TPSA) is 24.9 Å². The van der Waals surface area contributed by atoms with Crippen LogP contribution in [0.3, 0.4) is 0 Å². The van der Waals surface area contributed by atoms with Gasteiger partial charge in [0.25, 0.3) is 0 Å². The molecule has 0 aliphatic rings. The third kappa shape index (κ3) is 3.12. The van der Waals surface area contributed by atoms with Crippen molar-refractivity contribution in [2.75, 3.05) is 5.32 Å². The molecule has 0 saturated heterocycles. The molecule has 21 heavy (non-hydrogen) atoms. The number of aromatic nitrogens is 1. The summed E-state index contributed by atoms with van der Waals surface area (Å²) in [5.41, 5.74) is 3.01. The summed E-state index contributed by atoms with van der Waals surface area (Å²) < 4.78 is 0. The molecule has 0 spiro atoms. The first-order chi connectivity index (χ1) is 10.1. The van der Waals surface area contributed by atoms with Crippen LogP contribution < -0.4 is 5.32 Å². The van der Waals surface area contributed by atoms with Crippen molar-refractivity contribution in [3.05, 3.63) is 70.0 Å². The van der Waals surface area contributed by atoms with Gasteiger partial charge in [0.2, 0.25) is 0 Å². The van der Waals surface area contributed by atoms with Crippen LogP contribution in [0.1, 0.15) is 11.1 Å². The Bertz CT molecular complexity index is 800. The number of nitrogens with one attached hydrogen (secondary N) is 1. The van der Waals surface area contributed by atoms with Crippen LogP contribution in [-0.2, 0) is 6.54 Å². The van der Waals surface area contributed by atoms with Crippen molar-refractivity contribution in [1.29, 1.82) is 0 Å². The fraction of sp³-hybridized carbons (Fsp3) is 0.118. The van der Waals surface area contributed by atoms with E-state index in [4.69, 9.17) is 23.2 Å². The van der Waals surface area contributed by atoms with Crippen molar-refractivity contribution in [3.8, 4) is 0 Å². The van der Waals surface area contributed by atoms with Gasteiger partial charge in [-0.1, -0.05) is 35.3 Å². The molecule has 2 aromatic carbocycles. The van der Waals surface area contributed by atoms with E-state index < -0.39 is 0 Å². The Kier molecular flexibility index (Phi) is 4.00. The number of fused-ring (bicyclic) bond motifs is 1. The smallest absolute Gasteiger partial charge is 0.0641 e. The predicted molar refractivity (Wildman–Crippen MR) is 90.3 cm³/mol. The summed E-state index contributed by atoms with van der Waals surface area (Å²) in [5, 5.41) is 7.04. The van der Waals surface area contributed by atoms with Crippen molar-refractivity contribution >= 4 is 39.7 Å². The second-order valence-electron chi connectivity index (χ2n) is 4.99. The van der Waals surface area contributed by atoms with Crippen molar-refractivity contribution in [2.24, 2.45) is 0 Å². The zero-order chi connectivity index (χ0) is 14.8. The molecule has 0 aliphatic carbocycles. The van der Waals surface area contributed by atoms with Crippen LogP contribution in [0.15, 0.2) is 48.8 Å². The van der Waals surface area contributed by atoms with E-state index in [0.717, 1.165) is 16.6 Å². The summed E-state index contributed by atoms with van der Waals surface area (Å²) in [6.07, 6.45) is 3.67. The van der Waals surface area contributed by atoms with Crippen molar-refractivity contribution < 1.29 is 0 Å². The monoisotopic (exact) mass is 316 g/mol. The molecule has 1 N–H and O–H groups in total. The van der Waals surface area contributed by atoms with E-state index in [0.29, 0.717) is 16.6 Å². The van der Waals surface area contributed by atoms with Crippen LogP contribution >= 0.6 is 23.2 Å². The number of halogens is 2. The Morgan fingerprint density at radius 2 is 1.86 bits per heavy atom. The van der Waals surface area contributed by atoms with Crippen LogP contribution in [0, 0.1) is 6.92 Å². The van der Waals surface area contributed by atoms with Gasteiger partial charge in [0.1, 0.15) is 0 Å². The fourth-order valence-electron chi connectivity index (χ4n) is 2.22. The van der Waals surface area contributed by atoms with Gasteiger partial charge < -0.3 is 5.32 Å². The minimum absolute atomic E-state index is 0.682. The number of rotatable bonds is 3. The average molecular weight is 317 g/mol. The normalized spacial score (nSPS) is 10.8. The Morgan fingerprint density at radius 1 is 1.00 bits per heavy atom. The van der Waals surface area contributed by atoms with Crippen LogP contribution in [0.25, 0.3) is 10.8 Å². The Hall–Kier alpha value is -1.77. The molecule has 0 fully saturated rings. The minimum Gasteiger partial charge on any atom is -0.380 e. The van der Waals surface area contributed by atoms with Gasteiger partial charge in [-0.25, -0.2) is 0 Å². The van der Waals surface area contributed by atoms with E-state index in [9.17, 15) is 0 Å². The van der Waals surface area contributed by atoms with Crippen molar-refractivity contribution in [3.63, 3.8) is 0 Å². The maximum absolute atomic E-state index is 6.23. The third-order valence-corrected chi connectivity index (χ3v) is 4.16. The van der Waals surface area contributed by atoms with Gasteiger partial charge in [0.05, 0.1) is 10.7 Å². The van der Waals surface area contributed by atoms with E-state index in [1.165, 1.54) is 10.9 Å². The standard InChI is InChI=1S/C17H14Cl2N2/c1-11-6-16(19)17(8-15(11)18)21-9-12-2-3-14-10-20-5-4-13(14)7-12/h2-8,10,21H,9H2,1H3. The predicted octanol–water partition coefficient (Wildman–Crippen LogP) is 5.46. The quantitative estimate of drug-likeness (QED) is 0.693. The van der Waals surface area contributed by atoms with Gasteiger partial charge in [-0.2, -0.15) is 0 Å². The van der Waals surface area contributed by atoms with E-state index in [-0.39, 0.29) is 0 Å². The molecule has 1 aromatic heterocycles. The summed E-state index contributed by atoms with van der Waals surface area (Å²) in [7, 11) is 0. The lowest BCUT2D eigenvalue weighted by atomic mass is 10.1. The number of hydrogen-bond donors (Lipinski definition) is 1. The third-order valence-electron chi connectivity index (χ3n) is 3.44. The number of aryl methyl sites for hydroxylation is 1. The number of nitrogens with zero attached hydrogens (tertiary/aromatic N) is 1. The van der Waals surface area contributed by atoms with Gasteiger partial charge in [-0.3, -0.25) is 4.98 Å². The summed E-state index contributed by atoms with van der Waals surface area (Å²) in [6.45, 7) is 2.63. The first-order valence-corrected chi connectivity index (χ1v) is 7.41. The van der Waals surface area contributed by atoms with E-state index >= 15 is 0 Å². The molecule has 0 aliphatic heterocycles. The van der Waals surface area contributed by atoms with E-state index in [1.807, 2.05) is 31.3 Å². The molecule has 3 aromatic rings. The molecule has 3 rings (SSSR count). The highest BCUT2D eigenvalue weighted by atomic mass is 35.5. The number of hydrogen-bond acceptors (Lipinski definition) is 2. The Labute approximate surface area is 133 Å². The molecular formula is C17H14Cl2N2. The summed E-state index contributed by atoms with van der Waals surface area (Å²) in [6, 6.07) is 12.1. The number of pyridine rings is 1. The first-order valence-electron chi connectivity index (χ1n) is 6.65. The highest BCUT2D eigenvalue weighted by Gasteiger charge is 2.05. The lowest BCUT2D eigenvalue weighted by Crippen LogP contribution is -2.00. The molecule has 0 radical (unpaired) electrons. The van der Waals surface area contributed by atoms with E-state index in [2.05, 4.69) is 28.5 Å². The maximum atomic E-state index is 6.23. The summed E-state index contributed by atoms with van der Waals surface area (Å²) >= 11 is 12.4. The summed E-state index contributed by atoms with van der Waals surface area (Å²) in [4.78, 5) is 4.12. The lowest BCUT2D eigenvalue weighted by Gasteiger charge is -2.11. The Morgan fingerprint density at radius 3 is 2.71 bits per heavy atom. The Balaban J connectivity index is 1.81. The second kappa shape index (κ2) is 5.92. The molecular weight excluding hydrogens is 303 g/mol. The molecule has 1 heterocycles. The molecule has 0 unspecified atom stereocenters. The second-order valence-corrected chi connectivity index (χ2v) is 5.81. The van der Waals surface area contributed by atoms with Crippen LogP contribution in [0.2, 0.25) is 10.0 Å². The highest BCUT2D eigenvalue weighted by molar-refractivity contribution is 6.35. The van der Waals surface area contributed by atoms with Gasteiger partial charge in [-0.05, 0) is 47.7 Å².